The number of rotatable bonds is 10. The lowest BCUT2D eigenvalue weighted by molar-refractivity contribution is 0.0377. The maximum Gasteiger partial charge on any atom is 0.225 e. The molecule has 0 amide bonds. The van der Waals surface area contributed by atoms with Gasteiger partial charge in [0.1, 0.15) is 0 Å². The molecule has 0 aliphatic carbocycles. The number of aromatic nitrogens is 2. The van der Waals surface area contributed by atoms with E-state index in [4.69, 9.17) is 9.73 Å². The van der Waals surface area contributed by atoms with E-state index in [2.05, 4.69) is 42.2 Å². The number of hydrogen-bond donors (Lipinski definition) is 2. The van der Waals surface area contributed by atoms with Crippen LogP contribution in [-0.4, -0.2) is 111 Å². The summed E-state index contributed by atoms with van der Waals surface area (Å²) in [6, 6.07) is 1.86. The molecule has 1 aromatic heterocycles. The van der Waals surface area contributed by atoms with Crippen LogP contribution >= 0.6 is 0 Å². The Morgan fingerprint density at radius 3 is 2.40 bits per heavy atom. The fraction of sp³-hybridized carbons (Fsp3) is 0.762. The summed E-state index contributed by atoms with van der Waals surface area (Å²) in [6.45, 7) is 14.9. The van der Waals surface area contributed by atoms with Crippen LogP contribution in [0.25, 0.3) is 0 Å². The van der Waals surface area contributed by atoms with Crippen molar-refractivity contribution in [3.8, 4) is 0 Å². The van der Waals surface area contributed by atoms with Gasteiger partial charge in [0.05, 0.1) is 13.2 Å². The summed E-state index contributed by atoms with van der Waals surface area (Å²) >= 11 is 0. The Bertz CT molecular complexity index is 600. The average molecular weight is 419 g/mol. The number of hydrogen-bond acceptors (Lipinski definition) is 7. The number of nitrogens with one attached hydrogen (secondary N) is 2. The molecular formula is C21H38N8O. The molecule has 3 rings (SSSR count). The van der Waals surface area contributed by atoms with Crippen molar-refractivity contribution < 1.29 is 4.74 Å². The highest BCUT2D eigenvalue weighted by molar-refractivity contribution is 5.79. The molecule has 0 saturated carbocycles. The number of ether oxygens (including phenoxy) is 1. The fourth-order valence-corrected chi connectivity index (χ4v) is 3.79. The van der Waals surface area contributed by atoms with E-state index < -0.39 is 0 Å². The van der Waals surface area contributed by atoms with Crippen molar-refractivity contribution in [2.24, 2.45) is 4.99 Å². The van der Waals surface area contributed by atoms with Crippen LogP contribution in [0.1, 0.15) is 19.8 Å². The summed E-state index contributed by atoms with van der Waals surface area (Å²) in [4.78, 5) is 20.7. The summed E-state index contributed by atoms with van der Waals surface area (Å²) in [6.07, 6.45) is 5.82. The van der Waals surface area contributed by atoms with Crippen molar-refractivity contribution in [1.29, 1.82) is 0 Å². The highest BCUT2D eigenvalue weighted by Gasteiger charge is 2.18. The second-order valence-electron chi connectivity index (χ2n) is 7.73. The predicted molar refractivity (Wildman–Crippen MR) is 121 cm³/mol. The zero-order chi connectivity index (χ0) is 20.9. The van der Waals surface area contributed by atoms with Crippen LogP contribution in [0.3, 0.4) is 0 Å². The van der Waals surface area contributed by atoms with Gasteiger partial charge in [-0.2, -0.15) is 0 Å². The highest BCUT2D eigenvalue weighted by Crippen LogP contribution is 2.09. The minimum atomic E-state index is 0.846. The van der Waals surface area contributed by atoms with E-state index in [9.17, 15) is 0 Å². The third-order valence-corrected chi connectivity index (χ3v) is 5.50. The quantitative estimate of drug-likeness (QED) is 0.318. The van der Waals surface area contributed by atoms with Crippen molar-refractivity contribution in [2.75, 3.05) is 90.1 Å². The van der Waals surface area contributed by atoms with Gasteiger partial charge >= 0.3 is 0 Å². The largest absolute Gasteiger partial charge is 0.379 e. The first kappa shape index (κ1) is 22.7. The molecule has 2 N–H and O–H groups in total. The lowest BCUT2D eigenvalue weighted by Crippen LogP contribution is -2.47. The van der Waals surface area contributed by atoms with Gasteiger partial charge in [0, 0.05) is 77.8 Å². The summed E-state index contributed by atoms with van der Waals surface area (Å²) < 4.78 is 5.40. The molecule has 3 heterocycles. The highest BCUT2D eigenvalue weighted by atomic mass is 16.5. The first-order valence-corrected chi connectivity index (χ1v) is 11.4. The Morgan fingerprint density at radius 1 is 0.967 bits per heavy atom. The van der Waals surface area contributed by atoms with E-state index in [1.807, 2.05) is 18.5 Å². The van der Waals surface area contributed by atoms with Crippen LogP contribution < -0.4 is 15.5 Å². The molecule has 9 heteroatoms. The number of anilines is 1. The Labute approximate surface area is 180 Å². The van der Waals surface area contributed by atoms with Gasteiger partial charge in [-0.25, -0.2) is 9.97 Å². The summed E-state index contributed by atoms with van der Waals surface area (Å²) in [5, 5.41) is 6.84. The van der Waals surface area contributed by atoms with Crippen molar-refractivity contribution in [3.63, 3.8) is 0 Å². The van der Waals surface area contributed by atoms with E-state index >= 15 is 0 Å². The number of morpholine rings is 1. The minimum absolute atomic E-state index is 0.846. The van der Waals surface area contributed by atoms with Crippen LogP contribution in [0.15, 0.2) is 23.5 Å². The zero-order valence-corrected chi connectivity index (χ0v) is 18.4. The van der Waals surface area contributed by atoms with Gasteiger partial charge in [-0.05, 0) is 32.4 Å². The van der Waals surface area contributed by atoms with E-state index in [1.165, 1.54) is 0 Å². The predicted octanol–water partition coefficient (Wildman–Crippen LogP) is 0.266. The molecule has 0 bridgehead atoms. The van der Waals surface area contributed by atoms with E-state index in [0.29, 0.717) is 0 Å². The maximum atomic E-state index is 5.40. The molecule has 0 radical (unpaired) electrons. The lowest BCUT2D eigenvalue weighted by Gasteiger charge is -2.34. The SMILES string of the molecule is CCNC(=NCCCN1CCOCC1)NCCCN1CCN(c2ncccn2)CC1. The molecule has 1 aromatic rings. The molecule has 30 heavy (non-hydrogen) atoms. The topological polar surface area (TPSA) is 81.2 Å². The molecule has 0 spiro atoms. The summed E-state index contributed by atoms with van der Waals surface area (Å²) in [5.74, 6) is 1.78. The molecule has 168 valence electrons. The minimum Gasteiger partial charge on any atom is -0.379 e. The van der Waals surface area contributed by atoms with Gasteiger partial charge in [-0.3, -0.25) is 14.8 Å². The standard InChI is InChI=1S/C21H38N8O/c1-2-22-20(24-9-5-11-28-16-18-30-19-17-28)23-8-4-10-27-12-14-29(15-13-27)21-25-6-3-7-26-21/h3,6-7H,2,4-5,8-19H2,1H3,(H2,22,23,24). The van der Waals surface area contributed by atoms with Gasteiger partial charge in [0.2, 0.25) is 5.95 Å². The summed E-state index contributed by atoms with van der Waals surface area (Å²) in [7, 11) is 0. The van der Waals surface area contributed by atoms with Crippen molar-refractivity contribution in [2.45, 2.75) is 19.8 Å². The van der Waals surface area contributed by atoms with Gasteiger partial charge in [0.25, 0.3) is 0 Å². The Kier molecular flexibility index (Phi) is 10.1. The van der Waals surface area contributed by atoms with Crippen molar-refractivity contribution in [3.05, 3.63) is 18.5 Å². The molecule has 2 fully saturated rings. The molecular weight excluding hydrogens is 380 g/mol. The van der Waals surface area contributed by atoms with Gasteiger partial charge < -0.3 is 20.3 Å². The van der Waals surface area contributed by atoms with Gasteiger partial charge in [0.15, 0.2) is 5.96 Å². The molecule has 0 atom stereocenters. The van der Waals surface area contributed by atoms with Crippen molar-refractivity contribution in [1.82, 2.24) is 30.4 Å². The van der Waals surface area contributed by atoms with Gasteiger partial charge in [-0.15, -0.1) is 0 Å². The van der Waals surface area contributed by atoms with E-state index in [0.717, 1.165) is 110 Å². The Balaban J connectivity index is 1.27. The smallest absolute Gasteiger partial charge is 0.225 e. The molecule has 9 nitrogen and oxygen atoms in total. The Morgan fingerprint density at radius 2 is 1.67 bits per heavy atom. The van der Waals surface area contributed by atoms with Crippen LogP contribution in [0.2, 0.25) is 0 Å². The molecule has 2 saturated heterocycles. The van der Waals surface area contributed by atoms with Gasteiger partial charge in [-0.1, -0.05) is 0 Å². The average Bonchev–Trinajstić information content (AvgIpc) is 2.81. The molecule has 0 aromatic carbocycles. The third-order valence-electron chi connectivity index (χ3n) is 5.50. The zero-order valence-electron chi connectivity index (χ0n) is 18.4. The molecule has 0 unspecified atom stereocenters. The van der Waals surface area contributed by atoms with Crippen LogP contribution in [0.4, 0.5) is 5.95 Å². The fourth-order valence-electron chi connectivity index (χ4n) is 3.79. The number of nitrogens with zero attached hydrogens (tertiary/aromatic N) is 6. The maximum absolute atomic E-state index is 5.40. The van der Waals surface area contributed by atoms with Crippen LogP contribution in [0.5, 0.6) is 0 Å². The lowest BCUT2D eigenvalue weighted by atomic mass is 10.3. The molecule has 2 aliphatic heterocycles. The van der Waals surface area contributed by atoms with Crippen LogP contribution in [-0.2, 0) is 4.74 Å². The number of aliphatic imine (C=N–C) groups is 1. The van der Waals surface area contributed by atoms with E-state index in [1.54, 1.807) is 0 Å². The summed E-state index contributed by atoms with van der Waals surface area (Å²) in [5.41, 5.74) is 0. The monoisotopic (exact) mass is 418 g/mol. The normalized spacial score (nSPS) is 19.1. The third kappa shape index (κ3) is 8.04. The van der Waals surface area contributed by atoms with Crippen LogP contribution in [0, 0.1) is 0 Å². The number of piperazine rings is 1. The van der Waals surface area contributed by atoms with Crippen molar-refractivity contribution >= 4 is 11.9 Å². The molecule has 2 aliphatic rings. The van der Waals surface area contributed by atoms with E-state index in [-0.39, 0.29) is 0 Å². The second kappa shape index (κ2) is 13.4. The number of guanidine groups is 1. The first-order chi connectivity index (χ1) is 14.8. The Hall–Kier alpha value is -1.97. The second-order valence-corrected chi connectivity index (χ2v) is 7.73. The first-order valence-electron chi connectivity index (χ1n) is 11.4.